The minimum atomic E-state index is -0.102. The summed E-state index contributed by atoms with van der Waals surface area (Å²) < 4.78 is 5.25. The van der Waals surface area contributed by atoms with Gasteiger partial charge < -0.3 is 20.7 Å². The van der Waals surface area contributed by atoms with Gasteiger partial charge in [0.05, 0.1) is 12.7 Å². The number of benzene rings is 3. The summed E-state index contributed by atoms with van der Waals surface area (Å²) in [5, 5.41) is 19.0. The Hall–Kier alpha value is -5.03. The van der Waals surface area contributed by atoms with E-state index < -0.39 is 0 Å². The number of aromatic nitrogens is 1. The largest absolute Gasteiger partial charge is 0.497 e. The lowest BCUT2D eigenvalue weighted by atomic mass is 9.90. The summed E-state index contributed by atoms with van der Waals surface area (Å²) in [7, 11) is 1.65. The molecular weight excluding hydrogens is 512 g/mol. The number of carbonyl (C=O) groups excluding carboxylic acids is 1. The summed E-state index contributed by atoms with van der Waals surface area (Å²) >= 11 is 0. The van der Waals surface area contributed by atoms with Crippen molar-refractivity contribution < 1.29 is 9.53 Å². The topological polar surface area (TPSA) is 102 Å². The van der Waals surface area contributed by atoms with Crippen molar-refractivity contribution in [3.05, 3.63) is 108 Å². The van der Waals surface area contributed by atoms with Gasteiger partial charge in [-0.05, 0) is 91.9 Å². The Kier molecular flexibility index (Phi) is 8.97. The van der Waals surface area contributed by atoms with Crippen LogP contribution in [0.4, 0.5) is 27.7 Å². The van der Waals surface area contributed by atoms with Crippen LogP contribution in [0, 0.1) is 11.3 Å². The molecule has 0 spiro atoms. The zero-order chi connectivity index (χ0) is 28.4. The Morgan fingerprint density at radius 2 is 1.61 bits per heavy atom. The molecule has 1 aromatic heterocycles. The Morgan fingerprint density at radius 1 is 0.927 bits per heavy atom. The third kappa shape index (κ3) is 7.34. The quantitative estimate of drug-likeness (QED) is 0.212. The number of ether oxygens (including phenoxy) is 1. The number of nitrogens with one attached hydrogen (secondary N) is 3. The third-order valence-electron chi connectivity index (χ3n) is 7.34. The van der Waals surface area contributed by atoms with E-state index in [1.54, 1.807) is 19.4 Å². The molecule has 41 heavy (non-hydrogen) atoms. The zero-order valence-corrected chi connectivity index (χ0v) is 23.1. The van der Waals surface area contributed by atoms with Crippen molar-refractivity contribution in [3.8, 4) is 11.8 Å². The van der Waals surface area contributed by atoms with Crippen LogP contribution < -0.4 is 25.6 Å². The highest BCUT2D eigenvalue weighted by Crippen LogP contribution is 2.31. The fourth-order valence-corrected chi connectivity index (χ4v) is 5.13. The maximum absolute atomic E-state index is 13.6. The molecule has 208 valence electrons. The van der Waals surface area contributed by atoms with Gasteiger partial charge in [-0.15, -0.1) is 0 Å². The van der Waals surface area contributed by atoms with Crippen LogP contribution in [0.5, 0.6) is 5.75 Å². The van der Waals surface area contributed by atoms with Gasteiger partial charge in [0.1, 0.15) is 17.6 Å². The SMILES string of the molecule is COc1ccc(Nc2ccc(N(C(=O)NCc3ccccc3)[C@H]3CC[C@H](Nc4ccc(C#N)cn4)CC3)cc2)cc1. The number of pyridine rings is 1. The van der Waals surface area contributed by atoms with Gasteiger partial charge in [0, 0.05) is 41.9 Å². The molecule has 3 N–H and O–H groups in total. The van der Waals surface area contributed by atoms with Gasteiger partial charge in [-0.2, -0.15) is 5.26 Å². The number of anilines is 4. The van der Waals surface area contributed by atoms with Crippen molar-refractivity contribution in [2.45, 2.75) is 44.3 Å². The van der Waals surface area contributed by atoms with Crippen molar-refractivity contribution in [3.63, 3.8) is 0 Å². The predicted octanol–water partition coefficient (Wildman–Crippen LogP) is 6.84. The maximum atomic E-state index is 13.6. The van der Waals surface area contributed by atoms with Crippen LogP contribution in [0.2, 0.25) is 0 Å². The fourth-order valence-electron chi connectivity index (χ4n) is 5.13. The highest BCUT2D eigenvalue weighted by atomic mass is 16.5. The molecule has 0 unspecified atom stereocenters. The van der Waals surface area contributed by atoms with Crippen molar-refractivity contribution in [1.29, 1.82) is 5.26 Å². The first-order valence-corrected chi connectivity index (χ1v) is 13.9. The normalized spacial score (nSPS) is 16.2. The number of urea groups is 1. The molecule has 1 aliphatic rings. The Balaban J connectivity index is 1.27. The summed E-state index contributed by atoms with van der Waals surface area (Å²) in [5.41, 5.74) is 4.36. The van der Waals surface area contributed by atoms with Crippen LogP contribution in [0.15, 0.2) is 97.2 Å². The number of nitriles is 1. The van der Waals surface area contributed by atoms with E-state index in [0.717, 1.165) is 59.9 Å². The second-order valence-electron chi connectivity index (χ2n) is 10.1. The first-order valence-electron chi connectivity index (χ1n) is 13.9. The molecule has 0 radical (unpaired) electrons. The Morgan fingerprint density at radius 3 is 2.22 bits per heavy atom. The minimum absolute atomic E-state index is 0.0677. The highest BCUT2D eigenvalue weighted by molar-refractivity contribution is 5.93. The number of hydrogen-bond donors (Lipinski definition) is 3. The van der Waals surface area contributed by atoms with E-state index in [1.807, 2.05) is 89.8 Å². The number of rotatable bonds is 9. The fraction of sp³-hybridized carbons (Fsp3) is 0.242. The molecule has 0 saturated heterocycles. The highest BCUT2D eigenvalue weighted by Gasteiger charge is 2.30. The second kappa shape index (κ2) is 13.4. The van der Waals surface area contributed by atoms with E-state index in [4.69, 9.17) is 10.00 Å². The summed E-state index contributed by atoms with van der Waals surface area (Å²) in [6.07, 6.45) is 5.12. The van der Waals surface area contributed by atoms with Gasteiger partial charge in [-0.1, -0.05) is 30.3 Å². The number of hydrogen-bond acceptors (Lipinski definition) is 6. The van der Waals surface area contributed by atoms with E-state index in [-0.39, 0.29) is 18.1 Å². The van der Waals surface area contributed by atoms with Crippen molar-refractivity contribution >= 4 is 28.9 Å². The van der Waals surface area contributed by atoms with Crippen LogP contribution in [-0.2, 0) is 6.54 Å². The number of amides is 2. The molecular formula is C33H34N6O2. The summed E-state index contributed by atoms with van der Waals surface area (Å²) in [6.45, 7) is 0.467. The molecule has 1 fully saturated rings. The smallest absolute Gasteiger partial charge is 0.322 e. The van der Waals surface area contributed by atoms with Gasteiger partial charge >= 0.3 is 6.03 Å². The maximum Gasteiger partial charge on any atom is 0.322 e. The number of carbonyl (C=O) groups is 1. The van der Waals surface area contributed by atoms with Gasteiger partial charge in [-0.25, -0.2) is 9.78 Å². The van der Waals surface area contributed by atoms with E-state index in [2.05, 4.69) is 27.0 Å². The molecule has 8 nitrogen and oxygen atoms in total. The number of nitrogens with zero attached hydrogens (tertiary/aromatic N) is 3. The Labute approximate surface area is 241 Å². The van der Waals surface area contributed by atoms with Gasteiger partial charge in [0.25, 0.3) is 0 Å². The second-order valence-corrected chi connectivity index (χ2v) is 10.1. The van der Waals surface area contributed by atoms with Crippen LogP contribution in [0.3, 0.4) is 0 Å². The van der Waals surface area contributed by atoms with Crippen LogP contribution in [-0.4, -0.2) is 30.2 Å². The molecule has 5 rings (SSSR count). The summed E-state index contributed by atoms with van der Waals surface area (Å²) in [6, 6.07) is 31.7. The van der Waals surface area contributed by atoms with Gasteiger partial charge in [0.15, 0.2) is 0 Å². The van der Waals surface area contributed by atoms with Crippen LogP contribution in [0.1, 0.15) is 36.8 Å². The average Bonchev–Trinajstić information content (AvgIpc) is 3.03. The predicted molar refractivity (Wildman–Crippen MR) is 162 cm³/mol. The summed E-state index contributed by atoms with van der Waals surface area (Å²) in [4.78, 5) is 19.9. The molecule has 1 heterocycles. The lowest BCUT2D eigenvalue weighted by Crippen LogP contribution is -2.48. The molecule has 4 aromatic rings. The van der Waals surface area contributed by atoms with E-state index in [1.165, 1.54) is 0 Å². The zero-order valence-electron chi connectivity index (χ0n) is 23.1. The first-order chi connectivity index (χ1) is 20.1. The van der Waals surface area contributed by atoms with Gasteiger partial charge in [-0.3, -0.25) is 4.90 Å². The molecule has 8 heteroatoms. The van der Waals surface area contributed by atoms with Crippen molar-refractivity contribution in [2.24, 2.45) is 0 Å². The standard InChI is InChI=1S/C33H34N6O2/c1-41-31-18-12-27(13-19-31)37-26-8-14-29(15-9-26)39(33(40)36-22-24-5-3-2-4-6-24)30-16-10-28(11-17-30)38-32-20-7-25(21-34)23-35-32/h2-9,12-15,18-20,23,28,30,37H,10-11,16-17,22H2,1H3,(H,35,38)(H,36,40)/t28-,30-. The van der Waals surface area contributed by atoms with E-state index in [9.17, 15) is 4.79 Å². The lowest BCUT2D eigenvalue weighted by molar-refractivity contribution is 0.240. The molecule has 1 aliphatic carbocycles. The van der Waals surface area contributed by atoms with Crippen molar-refractivity contribution in [2.75, 3.05) is 22.6 Å². The number of methoxy groups -OCH3 is 1. The molecule has 2 amide bonds. The molecule has 3 aromatic carbocycles. The van der Waals surface area contributed by atoms with Gasteiger partial charge in [0.2, 0.25) is 0 Å². The summed E-state index contributed by atoms with van der Waals surface area (Å²) in [5.74, 6) is 1.58. The molecule has 0 bridgehead atoms. The molecule has 0 atom stereocenters. The lowest BCUT2D eigenvalue weighted by Gasteiger charge is -2.37. The third-order valence-corrected chi connectivity index (χ3v) is 7.34. The van der Waals surface area contributed by atoms with Crippen molar-refractivity contribution in [1.82, 2.24) is 10.3 Å². The van der Waals surface area contributed by atoms with Crippen LogP contribution in [0.25, 0.3) is 0 Å². The molecule has 0 aliphatic heterocycles. The average molecular weight is 547 g/mol. The monoisotopic (exact) mass is 546 g/mol. The Bertz CT molecular complexity index is 1440. The first kappa shape index (κ1) is 27.5. The van der Waals surface area contributed by atoms with E-state index in [0.29, 0.717) is 12.1 Å². The minimum Gasteiger partial charge on any atom is -0.497 e. The molecule has 1 saturated carbocycles. The van der Waals surface area contributed by atoms with E-state index >= 15 is 0 Å². The van der Waals surface area contributed by atoms with Crippen LogP contribution >= 0.6 is 0 Å².